The molecule has 152 valence electrons. The van der Waals surface area contributed by atoms with Crippen LogP contribution in [0.2, 0.25) is 0 Å². The summed E-state index contributed by atoms with van der Waals surface area (Å²) in [6.07, 6.45) is -0.653. The van der Waals surface area contributed by atoms with Crippen molar-refractivity contribution in [1.82, 2.24) is 4.90 Å². The van der Waals surface area contributed by atoms with Crippen LogP contribution in [-0.2, 0) is 14.3 Å². The zero-order valence-electron chi connectivity index (χ0n) is 16.6. The van der Waals surface area contributed by atoms with E-state index < -0.39 is 18.1 Å². The molecule has 4 rings (SSSR count). The van der Waals surface area contributed by atoms with Gasteiger partial charge in [0.2, 0.25) is 0 Å². The fourth-order valence-corrected chi connectivity index (χ4v) is 4.39. The largest absolute Gasteiger partial charge is 0.480 e. The van der Waals surface area contributed by atoms with Crippen LogP contribution in [0.4, 0.5) is 4.79 Å². The van der Waals surface area contributed by atoms with Gasteiger partial charge in [-0.15, -0.1) is 0 Å². The zero-order valence-corrected chi connectivity index (χ0v) is 16.6. The summed E-state index contributed by atoms with van der Waals surface area (Å²) in [5.41, 5.74) is 4.55. The molecule has 6 nitrogen and oxygen atoms in total. The summed E-state index contributed by atoms with van der Waals surface area (Å²) < 4.78 is 11.4. The van der Waals surface area contributed by atoms with Gasteiger partial charge in [0, 0.05) is 12.3 Å². The normalized spacial score (nSPS) is 20.6. The maximum atomic E-state index is 12.8. The van der Waals surface area contributed by atoms with Crippen molar-refractivity contribution in [2.45, 2.75) is 44.4 Å². The fourth-order valence-electron chi connectivity index (χ4n) is 4.39. The highest BCUT2D eigenvalue weighted by molar-refractivity contribution is 5.81. The van der Waals surface area contributed by atoms with Crippen molar-refractivity contribution in [2.75, 3.05) is 13.2 Å². The first-order chi connectivity index (χ1) is 14.0. The third-order valence-electron chi connectivity index (χ3n) is 5.58. The minimum absolute atomic E-state index is 0.0306. The summed E-state index contributed by atoms with van der Waals surface area (Å²) >= 11 is 0. The highest BCUT2D eigenvalue weighted by Gasteiger charge is 2.42. The Morgan fingerprint density at radius 1 is 1.07 bits per heavy atom. The van der Waals surface area contributed by atoms with Crippen molar-refractivity contribution >= 4 is 12.1 Å². The Morgan fingerprint density at radius 2 is 1.66 bits per heavy atom. The smallest absolute Gasteiger partial charge is 0.410 e. The van der Waals surface area contributed by atoms with E-state index in [0.29, 0.717) is 0 Å². The summed E-state index contributed by atoms with van der Waals surface area (Å²) in [4.78, 5) is 25.7. The number of carboxylic acid groups (broad SMARTS) is 1. The predicted octanol–water partition coefficient (Wildman–Crippen LogP) is 3.89. The maximum absolute atomic E-state index is 12.8. The predicted molar refractivity (Wildman–Crippen MR) is 108 cm³/mol. The molecule has 6 heteroatoms. The molecule has 2 aromatic carbocycles. The van der Waals surface area contributed by atoms with E-state index in [4.69, 9.17) is 9.47 Å². The second-order valence-corrected chi connectivity index (χ2v) is 7.85. The summed E-state index contributed by atoms with van der Waals surface area (Å²) in [5.74, 6) is -1.09. The molecule has 1 aliphatic carbocycles. The number of hydrogen-bond donors (Lipinski definition) is 1. The van der Waals surface area contributed by atoms with E-state index in [-0.39, 0.29) is 37.7 Å². The molecular formula is C23H25NO5. The minimum atomic E-state index is -1.03. The number of hydrogen-bond acceptors (Lipinski definition) is 4. The molecule has 1 saturated heterocycles. The Hall–Kier alpha value is -2.86. The Labute approximate surface area is 170 Å². The number of rotatable bonds is 5. The molecule has 1 fully saturated rings. The van der Waals surface area contributed by atoms with E-state index in [2.05, 4.69) is 24.3 Å². The van der Waals surface area contributed by atoms with E-state index in [1.54, 1.807) is 0 Å². The SMILES string of the molecule is CC(C)O[C@@H]1C[C@@H](C(=O)O)N(C(=O)OCC2c3ccccc3-c3ccccc32)C1. The summed E-state index contributed by atoms with van der Waals surface area (Å²) in [6, 6.07) is 15.3. The van der Waals surface area contributed by atoms with Crippen LogP contribution in [0.25, 0.3) is 11.1 Å². The van der Waals surface area contributed by atoms with Gasteiger partial charge >= 0.3 is 12.1 Å². The number of carbonyl (C=O) groups excluding carboxylic acids is 1. The van der Waals surface area contributed by atoms with Gasteiger partial charge < -0.3 is 14.6 Å². The van der Waals surface area contributed by atoms with E-state index >= 15 is 0 Å². The van der Waals surface area contributed by atoms with E-state index in [0.717, 1.165) is 22.3 Å². The monoisotopic (exact) mass is 395 g/mol. The highest BCUT2D eigenvalue weighted by Crippen LogP contribution is 2.44. The third kappa shape index (κ3) is 3.72. The Kier molecular flexibility index (Phi) is 5.28. The van der Waals surface area contributed by atoms with E-state index in [1.165, 1.54) is 4.90 Å². The minimum Gasteiger partial charge on any atom is -0.480 e. The molecule has 2 aliphatic rings. The summed E-state index contributed by atoms with van der Waals surface area (Å²) in [5, 5.41) is 9.52. The summed E-state index contributed by atoms with van der Waals surface area (Å²) in [7, 11) is 0. The van der Waals surface area contributed by atoms with Crippen LogP contribution in [0.1, 0.15) is 37.3 Å². The van der Waals surface area contributed by atoms with Crippen molar-refractivity contribution < 1.29 is 24.2 Å². The molecule has 2 atom stereocenters. The molecule has 0 radical (unpaired) electrons. The molecule has 1 heterocycles. The lowest BCUT2D eigenvalue weighted by Crippen LogP contribution is -2.41. The van der Waals surface area contributed by atoms with Crippen molar-refractivity contribution in [3.63, 3.8) is 0 Å². The lowest BCUT2D eigenvalue weighted by molar-refractivity contribution is -0.141. The number of ether oxygens (including phenoxy) is 2. The third-order valence-corrected chi connectivity index (χ3v) is 5.58. The first-order valence-corrected chi connectivity index (χ1v) is 9.95. The number of aliphatic carboxylic acids is 1. The zero-order chi connectivity index (χ0) is 20.5. The molecule has 1 amide bonds. The molecular weight excluding hydrogens is 370 g/mol. The molecule has 1 N–H and O–H groups in total. The van der Waals surface area contributed by atoms with Gasteiger partial charge in [-0.2, -0.15) is 0 Å². The number of nitrogens with zero attached hydrogens (tertiary/aromatic N) is 1. The number of amides is 1. The number of likely N-dealkylation sites (tertiary alicyclic amines) is 1. The van der Waals surface area contributed by atoms with Gasteiger partial charge in [0.15, 0.2) is 0 Å². The molecule has 0 spiro atoms. The molecule has 0 bridgehead atoms. The molecule has 29 heavy (non-hydrogen) atoms. The first-order valence-electron chi connectivity index (χ1n) is 9.95. The summed E-state index contributed by atoms with van der Waals surface area (Å²) in [6.45, 7) is 4.19. The number of carboxylic acids is 1. The lowest BCUT2D eigenvalue weighted by atomic mass is 9.98. The average molecular weight is 395 g/mol. The number of benzene rings is 2. The van der Waals surface area contributed by atoms with Gasteiger partial charge in [-0.3, -0.25) is 4.90 Å². The van der Waals surface area contributed by atoms with Gasteiger partial charge in [0.05, 0.1) is 18.8 Å². The first kappa shape index (κ1) is 19.5. The second-order valence-electron chi connectivity index (χ2n) is 7.85. The van der Waals surface area contributed by atoms with E-state index in [9.17, 15) is 14.7 Å². The van der Waals surface area contributed by atoms with Crippen LogP contribution >= 0.6 is 0 Å². The number of fused-ring (bicyclic) bond motifs is 3. The van der Waals surface area contributed by atoms with Crippen molar-refractivity contribution in [3.05, 3.63) is 59.7 Å². The average Bonchev–Trinajstić information content (AvgIpc) is 3.25. The van der Waals surface area contributed by atoms with Crippen LogP contribution in [0.15, 0.2) is 48.5 Å². The van der Waals surface area contributed by atoms with Crippen molar-refractivity contribution in [1.29, 1.82) is 0 Å². The number of carbonyl (C=O) groups is 2. The van der Waals surface area contributed by atoms with Gasteiger partial charge in [0.25, 0.3) is 0 Å². The van der Waals surface area contributed by atoms with Crippen molar-refractivity contribution in [2.24, 2.45) is 0 Å². The van der Waals surface area contributed by atoms with Gasteiger partial charge in [-0.1, -0.05) is 48.5 Å². The standard InChI is InChI=1S/C23H25NO5/c1-14(2)29-15-11-21(22(25)26)24(12-15)23(27)28-13-20-18-9-5-3-7-16(18)17-8-4-6-10-19(17)20/h3-10,14-15,20-21H,11-13H2,1-2H3,(H,25,26)/t15-,21+/m1/s1. The lowest BCUT2D eigenvalue weighted by Gasteiger charge is -2.22. The molecule has 0 aromatic heterocycles. The van der Waals surface area contributed by atoms with Crippen LogP contribution < -0.4 is 0 Å². The molecule has 1 aliphatic heterocycles. The maximum Gasteiger partial charge on any atom is 0.410 e. The van der Waals surface area contributed by atoms with Crippen molar-refractivity contribution in [3.8, 4) is 11.1 Å². The second kappa shape index (κ2) is 7.87. The van der Waals surface area contributed by atoms with Crippen LogP contribution in [0.3, 0.4) is 0 Å². The van der Waals surface area contributed by atoms with E-state index in [1.807, 2.05) is 38.1 Å². The molecule has 0 unspecified atom stereocenters. The molecule has 2 aromatic rings. The highest BCUT2D eigenvalue weighted by atomic mass is 16.6. The Balaban J connectivity index is 1.49. The van der Waals surface area contributed by atoms with Crippen LogP contribution in [0, 0.1) is 0 Å². The molecule has 0 saturated carbocycles. The Morgan fingerprint density at radius 3 is 2.21 bits per heavy atom. The topological polar surface area (TPSA) is 76.1 Å². The van der Waals surface area contributed by atoms with Gasteiger partial charge in [0.1, 0.15) is 12.6 Å². The van der Waals surface area contributed by atoms with Crippen LogP contribution in [0.5, 0.6) is 0 Å². The van der Waals surface area contributed by atoms with Crippen LogP contribution in [-0.4, -0.2) is 53.5 Å². The Bertz CT molecular complexity index is 879. The van der Waals surface area contributed by atoms with Gasteiger partial charge in [-0.05, 0) is 36.1 Å². The fraction of sp³-hybridized carbons (Fsp3) is 0.391. The van der Waals surface area contributed by atoms with Gasteiger partial charge in [-0.25, -0.2) is 9.59 Å². The quantitative estimate of drug-likeness (QED) is 0.831.